The molecule has 0 aliphatic rings. The molecular weight excluding hydrogens is 241 g/mol. The molecule has 0 bridgehead atoms. The maximum absolute atomic E-state index is 13.1. The summed E-state index contributed by atoms with van der Waals surface area (Å²) in [5, 5.41) is 10.5. The number of carbonyl (C=O) groups is 1. The number of ether oxygens (including phenoxy) is 1. The van der Waals surface area contributed by atoms with E-state index < -0.39 is 22.4 Å². The quantitative estimate of drug-likeness (QED) is 0.358. The topological polar surface area (TPSA) is 69.4 Å². The second-order valence-corrected chi connectivity index (χ2v) is 3.52. The molecule has 0 fully saturated rings. The zero-order valence-corrected chi connectivity index (χ0v) is 9.97. The average Bonchev–Trinajstić information content (AvgIpc) is 2.31. The Bertz CT molecular complexity index is 511. The van der Waals surface area contributed by atoms with Crippen LogP contribution in [-0.4, -0.2) is 17.5 Å². The maximum Gasteiger partial charge on any atom is 0.333 e. The van der Waals surface area contributed by atoms with Crippen molar-refractivity contribution in [3.05, 3.63) is 45.3 Å². The maximum atomic E-state index is 13.1. The van der Waals surface area contributed by atoms with Crippen molar-refractivity contribution in [2.45, 2.75) is 13.8 Å². The Balaban J connectivity index is 3.05. The van der Waals surface area contributed by atoms with Crippen LogP contribution in [0, 0.1) is 15.9 Å². The molecule has 0 amide bonds. The third-order valence-electron chi connectivity index (χ3n) is 2.15. The van der Waals surface area contributed by atoms with Gasteiger partial charge >= 0.3 is 11.7 Å². The Morgan fingerprint density at radius 3 is 2.78 bits per heavy atom. The van der Waals surface area contributed by atoms with E-state index in [9.17, 15) is 19.3 Å². The normalized spacial score (nSPS) is 11.2. The molecule has 5 nitrogen and oxygen atoms in total. The van der Waals surface area contributed by atoms with Gasteiger partial charge in [-0.1, -0.05) is 6.07 Å². The van der Waals surface area contributed by atoms with Crippen molar-refractivity contribution in [1.29, 1.82) is 0 Å². The summed E-state index contributed by atoms with van der Waals surface area (Å²) in [5.74, 6) is -1.42. The van der Waals surface area contributed by atoms with Gasteiger partial charge < -0.3 is 4.74 Å². The molecule has 0 atom stereocenters. The standard InChI is InChI=1S/C12H12FNO4/c1-3-18-12(15)8(2)6-9-4-5-10(13)11(7-9)14(16)17/h4-7H,3H2,1-2H3. The second-order valence-electron chi connectivity index (χ2n) is 3.52. The number of hydrogen-bond acceptors (Lipinski definition) is 4. The number of halogens is 1. The molecule has 1 rings (SSSR count). The van der Waals surface area contributed by atoms with Crippen molar-refractivity contribution in [3.8, 4) is 0 Å². The zero-order chi connectivity index (χ0) is 13.7. The molecule has 0 aromatic heterocycles. The van der Waals surface area contributed by atoms with Gasteiger partial charge in [0.2, 0.25) is 5.82 Å². The van der Waals surface area contributed by atoms with Crippen molar-refractivity contribution in [3.63, 3.8) is 0 Å². The smallest absolute Gasteiger partial charge is 0.333 e. The van der Waals surface area contributed by atoms with Gasteiger partial charge in [-0.05, 0) is 31.6 Å². The highest BCUT2D eigenvalue weighted by molar-refractivity contribution is 5.93. The van der Waals surface area contributed by atoms with E-state index in [0.717, 1.165) is 12.1 Å². The van der Waals surface area contributed by atoms with Crippen LogP contribution in [0.25, 0.3) is 6.08 Å². The molecule has 18 heavy (non-hydrogen) atoms. The lowest BCUT2D eigenvalue weighted by Crippen LogP contribution is -2.04. The molecule has 0 aliphatic heterocycles. The van der Waals surface area contributed by atoms with Crippen molar-refractivity contribution < 1.29 is 18.8 Å². The number of hydrogen-bond donors (Lipinski definition) is 0. The van der Waals surface area contributed by atoms with E-state index in [4.69, 9.17) is 4.74 Å². The minimum absolute atomic E-state index is 0.244. The number of carbonyl (C=O) groups excluding carboxylic acids is 1. The molecule has 0 spiro atoms. The molecule has 0 unspecified atom stereocenters. The van der Waals surface area contributed by atoms with Crippen molar-refractivity contribution in [2.24, 2.45) is 0 Å². The van der Waals surface area contributed by atoms with Crippen LogP contribution < -0.4 is 0 Å². The van der Waals surface area contributed by atoms with E-state index >= 15 is 0 Å². The van der Waals surface area contributed by atoms with E-state index in [0.29, 0.717) is 5.56 Å². The van der Waals surface area contributed by atoms with Gasteiger partial charge in [-0.15, -0.1) is 0 Å². The van der Waals surface area contributed by atoms with E-state index in [1.54, 1.807) is 6.92 Å². The van der Waals surface area contributed by atoms with Crippen molar-refractivity contribution in [1.82, 2.24) is 0 Å². The van der Waals surface area contributed by atoms with Crippen LogP contribution in [0.15, 0.2) is 23.8 Å². The molecule has 6 heteroatoms. The van der Waals surface area contributed by atoms with E-state index in [2.05, 4.69) is 0 Å². The summed E-state index contributed by atoms with van der Waals surface area (Å²) in [7, 11) is 0. The Kier molecular flexibility index (Phi) is 4.53. The first kappa shape index (κ1) is 13.8. The zero-order valence-electron chi connectivity index (χ0n) is 9.97. The molecule has 0 saturated heterocycles. The van der Waals surface area contributed by atoms with Gasteiger partial charge in [0.1, 0.15) is 0 Å². The third-order valence-corrected chi connectivity index (χ3v) is 2.15. The van der Waals surface area contributed by atoms with Gasteiger partial charge in [0, 0.05) is 11.6 Å². The lowest BCUT2D eigenvalue weighted by Gasteiger charge is -2.02. The summed E-state index contributed by atoms with van der Waals surface area (Å²) in [6.07, 6.45) is 1.41. The van der Waals surface area contributed by atoms with Crippen LogP contribution in [0.1, 0.15) is 19.4 Å². The highest BCUT2D eigenvalue weighted by Crippen LogP contribution is 2.20. The van der Waals surface area contributed by atoms with Crippen LogP contribution >= 0.6 is 0 Å². The first-order chi connectivity index (χ1) is 8.45. The molecule has 0 saturated carbocycles. The van der Waals surface area contributed by atoms with Crippen molar-refractivity contribution >= 4 is 17.7 Å². The summed E-state index contributed by atoms with van der Waals surface area (Å²) >= 11 is 0. The van der Waals surface area contributed by atoms with Crippen LogP contribution in [-0.2, 0) is 9.53 Å². The van der Waals surface area contributed by atoms with E-state index in [1.807, 2.05) is 0 Å². The van der Waals surface area contributed by atoms with Crippen LogP contribution in [0.5, 0.6) is 0 Å². The summed E-state index contributed by atoms with van der Waals surface area (Å²) in [6.45, 7) is 3.44. The summed E-state index contributed by atoms with van der Waals surface area (Å²) in [6, 6.07) is 3.41. The molecule has 1 aromatic rings. The predicted molar refractivity (Wildman–Crippen MR) is 63.3 cm³/mol. The Hall–Kier alpha value is -2.24. The fourth-order valence-corrected chi connectivity index (χ4v) is 1.31. The molecule has 0 heterocycles. The number of esters is 1. The Morgan fingerprint density at radius 1 is 1.56 bits per heavy atom. The highest BCUT2D eigenvalue weighted by atomic mass is 19.1. The molecule has 0 N–H and O–H groups in total. The number of nitrogens with zero attached hydrogens (tertiary/aromatic N) is 1. The number of benzene rings is 1. The molecule has 96 valence electrons. The molecule has 0 aliphatic carbocycles. The number of nitro groups is 1. The van der Waals surface area contributed by atoms with Gasteiger partial charge in [-0.25, -0.2) is 4.79 Å². The molecular formula is C12H12FNO4. The fraction of sp³-hybridized carbons (Fsp3) is 0.250. The Labute approximate surface area is 103 Å². The number of rotatable bonds is 4. The van der Waals surface area contributed by atoms with Gasteiger partial charge in [0.25, 0.3) is 0 Å². The average molecular weight is 253 g/mol. The number of nitro benzene ring substituents is 1. The second kappa shape index (κ2) is 5.90. The monoisotopic (exact) mass is 253 g/mol. The summed E-state index contributed by atoms with van der Waals surface area (Å²) in [5.41, 5.74) is 0.0341. The largest absolute Gasteiger partial charge is 0.463 e. The van der Waals surface area contributed by atoms with Crippen LogP contribution in [0.4, 0.5) is 10.1 Å². The fourth-order valence-electron chi connectivity index (χ4n) is 1.31. The van der Waals surface area contributed by atoms with Crippen molar-refractivity contribution in [2.75, 3.05) is 6.61 Å². The summed E-state index contributed by atoms with van der Waals surface area (Å²) < 4.78 is 17.8. The first-order valence-electron chi connectivity index (χ1n) is 5.25. The van der Waals surface area contributed by atoms with E-state index in [-0.39, 0.29) is 12.2 Å². The van der Waals surface area contributed by atoms with E-state index in [1.165, 1.54) is 19.1 Å². The summed E-state index contributed by atoms with van der Waals surface area (Å²) in [4.78, 5) is 21.1. The third kappa shape index (κ3) is 3.38. The minimum atomic E-state index is -0.911. The van der Waals surface area contributed by atoms with Gasteiger partial charge in [-0.3, -0.25) is 10.1 Å². The SMILES string of the molecule is CCOC(=O)C(C)=Cc1ccc(F)c([N+](=O)[O-])c1. The lowest BCUT2D eigenvalue weighted by molar-refractivity contribution is -0.387. The predicted octanol–water partition coefficient (Wildman–Crippen LogP) is 2.70. The minimum Gasteiger partial charge on any atom is -0.463 e. The van der Waals surface area contributed by atoms with Gasteiger partial charge in [0.15, 0.2) is 0 Å². The molecule has 0 radical (unpaired) electrons. The first-order valence-corrected chi connectivity index (χ1v) is 5.25. The molecule has 1 aromatic carbocycles. The van der Waals surface area contributed by atoms with Crippen LogP contribution in [0.3, 0.4) is 0 Å². The van der Waals surface area contributed by atoms with Gasteiger partial charge in [0.05, 0.1) is 11.5 Å². The van der Waals surface area contributed by atoms with Crippen LogP contribution in [0.2, 0.25) is 0 Å². The lowest BCUT2D eigenvalue weighted by atomic mass is 10.1. The highest BCUT2D eigenvalue weighted by Gasteiger charge is 2.14. The van der Waals surface area contributed by atoms with Gasteiger partial charge in [-0.2, -0.15) is 4.39 Å². The Morgan fingerprint density at radius 2 is 2.22 bits per heavy atom.